The number of aryl methyl sites for hydroxylation is 2. The molecule has 1 saturated heterocycles. The molecule has 0 saturated carbocycles. The number of piperazine rings is 1. The second kappa shape index (κ2) is 13.5. The van der Waals surface area contributed by atoms with E-state index in [1.165, 1.54) is 17.5 Å². The molecule has 1 fully saturated rings. The van der Waals surface area contributed by atoms with E-state index in [2.05, 4.69) is 27.1 Å². The molecule has 1 unspecified atom stereocenters. The van der Waals surface area contributed by atoms with Crippen LogP contribution < -0.4 is 10.2 Å². The van der Waals surface area contributed by atoms with Crippen LogP contribution >= 0.6 is 0 Å². The van der Waals surface area contributed by atoms with Gasteiger partial charge in [0.1, 0.15) is 5.82 Å². The number of carbonyl (C=O) groups is 1. The van der Waals surface area contributed by atoms with Gasteiger partial charge in [-0.15, -0.1) is 0 Å². The molecule has 1 atom stereocenters. The molecule has 3 rings (SSSR count). The van der Waals surface area contributed by atoms with Gasteiger partial charge < -0.3 is 15.1 Å². The van der Waals surface area contributed by atoms with E-state index in [9.17, 15) is 4.79 Å². The van der Waals surface area contributed by atoms with Crippen LogP contribution in [0, 0.1) is 13.8 Å². The molecule has 1 aromatic carbocycles. The number of nitrogens with one attached hydrogen (secondary N) is 1. The summed E-state index contributed by atoms with van der Waals surface area (Å²) in [7, 11) is 9.44. The minimum atomic E-state index is -0.0538. The molecule has 30 heavy (non-hydrogen) atoms. The Labute approximate surface area is 182 Å². The monoisotopic (exact) mass is 403 g/mol. The van der Waals surface area contributed by atoms with Crippen LogP contribution in [0.4, 0.5) is 16.3 Å². The number of aromatic nitrogens is 2. The standard InChI is InChI=1S/C18H23N5O.2C2H4B/c1-13-4-6-16(7-5-13)21-18(24)23-11-10-22(12-14(23)2)17-15(3)19-8-9-20-17;2*1-2-3/h4-9,14H,10-12H2,1-3H3,(H,21,24);2*2H,1H3. The SMILES string of the molecule is Cc1ccc(NC(=O)N2CCN(c3nccnc3C)CC2C)cc1.[B]=CC.[B]=CC. The second-order valence-electron chi connectivity index (χ2n) is 6.92. The molecule has 0 spiro atoms. The average molecular weight is 403 g/mol. The maximum absolute atomic E-state index is 12.5. The van der Waals surface area contributed by atoms with Crippen LogP contribution in [0.3, 0.4) is 0 Å². The molecule has 2 aromatic rings. The number of carbonyl (C=O) groups excluding carboxylic acids is 1. The molecule has 156 valence electrons. The van der Waals surface area contributed by atoms with Crippen molar-refractivity contribution in [2.75, 3.05) is 29.9 Å². The van der Waals surface area contributed by atoms with Gasteiger partial charge in [-0.3, -0.25) is 4.98 Å². The number of rotatable bonds is 2. The Hall–Kier alpha value is -2.76. The quantitative estimate of drug-likeness (QED) is 0.784. The fourth-order valence-electron chi connectivity index (χ4n) is 2.99. The van der Waals surface area contributed by atoms with Crippen LogP contribution in [0.25, 0.3) is 0 Å². The number of anilines is 2. The summed E-state index contributed by atoms with van der Waals surface area (Å²) in [5, 5.41) is 2.98. The number of hydrogen-bond donors (Lipinski definition) is 1. The molecule has 0 aliphatic carbocycles. The zero-order valence-electron chi connectivity index (χ0n) is 18.7. The first kappa shape index (κ1) is 25.3. The molecular formula is C22H31B2N5O. The van der Waals surface area contributed by atoms with Gasteiger partial charge in [-0.1, -0.05) is 17.7 Å². The van der Waals surface area contributed by atoms with Crippen LogP contribution in [-0.4, -0.2) is 73.5 Å². The summed E-state index contributed by atoms with van der Waals surface area (Å²) >= 11 is 0. The molecule has 6 nitrogen and oxygen atoms in total. The van der Waals surface area contributed by atoms with Gasteiger partial charge in [0.15, 0.2) is 0 Å². The Bertz CT molecular complexity index is 807. The summed E-state index contributed by atoms with van der Waals surface area (Å²) in [6.45, 7) is 11.8. The van der Waals surface area contributed by atoms with E-state index in [0.717, 1.165) is 30.3 Å². The molecule has 2 heterocycles. The molecule has 1 N–H and O–H groups in total. The van der Waals surface area contributed by atoms with E-state index in [1.54, 1.807) is 26.2 Å². The topological polar surface area (TPSA) is 61.4 Å². The fraction of sp³-hybridized carbons (Fsp3) is 0.409. The van der Waals surface area contributed by atoms with Crippen molar-refractivity contribution in [3.63, 3.8) is 0 Å². The van der Waals surface area contributed by atoms with Gasteiger partial charge in [-0.05, 0) is 32.9 Å². The Morgan fingerprint density at radius 3 is 2.17 bits per heavy atom. The van der Waals surface area contributed by atoms with E-state index >= 15 is 0 Å². The Kier molecular flexibility index (Phi) is 11.3. The van der Waals surface area contributed by atoms with Crippen molar-refractivity contribution in [3.8, 4) is 0 Å². The number of nitrogens with zero attached hydrogens (tertiary/aromatic N) is 4. The van der Waals surface area contributed by atoms with Crippen LogP contribution in [0.15, 0.2) is 36.7 Å². The number of benzene rings is 1. The first-order valence-corrected chi connectivity index (χ1v) is 10.0. The van der Waals surface area contributed by atoms with Crippen molar-refractivity contribution in [2.45, 2.75) is 40.7 Å². The van der Waals surface area contributed by atoms with Gasteiger partial charge in [0, 0.05) is 43.8 Å². The minimum absolute atomic E-state index is 0.0538. The fourth-order valence-corrected chi connectivity index (χ4v) is 2.99. The predicted octanol–water partition coefficient (Wildman–Crippen LogP) is 2.79. The molecule has 0 bridgehead atoms. The predicted molar refractivity (Wildman–Crippen MR) is 130 cm³/mol. The number of amides is 2. The van der Waals surface area contributed by atoms with E-state index < -0.39 is 0 Å². The van der Waals surface area contributed by atoms with Gasteiger partial charge in [0.25, 0.3) is 0 Å². The Balaban J connectivity index is 0.000000672. The summed E-state index contributed by atoms with van der Waals surface area (Å²) in [4.78, 5) is 25.3. The van der Waals surface area contributed by atoms with Crippen molar-refractivity contribution in [1.29, 1.82) is 0 Å². The van der Waals surface area contributed by atoms with Crippen LogP contribution in [0.2, 0.25) is 0 Å². The van der Waals surface area contributed by atoms with Crippen molar-refractivity contribution >= 4 is 44.4 Å². The van der Waals surface area contributed by atoms with Gasteiger partial charge in [-0.2, -0.15) is 0 Å². The van der Waals surface area contributed by atoms with Crippen LogP contribution in [0.1, 0.15) is 32.0 Å². The third-order valence-electron chi connectivity index (χ3n) is 4.35. The van der Waals surface area contributed by atoms with Gasteiger partial charge >= 0.3 is 46.8 Å². The van der Waals surface area contributed by atoms with E-state index in [4.69, 9.17) is 15.0 Å². The third-order valence-corrected chi connectivity index (χ3v) is 4.35. The van der Waals surface area contributed by atoms with Gasteiger partial charge in [0.2, 0.25) is 0 Å². The Morgan fingerprint density at radius 1 is 1.07 bits per heavy atom. The summed E-state index contributed by atoms with van der Waals surface area (Å²) in [5.74, 6) is 3.91. The third kappa shape index (κ3) is 7.93. The summed E-state index contributed by atoms with van der Waals surface area (Å²) in [5.41, 5.74) is 2.92. The number of urea groups is 1. The normalized spacial score (nSPS) is 15.0. The molecule has 2 radical (unpaired) electrons. The second-order valence-corrected chi connectivity index (χ2v) is 6.92. The summed E-state index contributed by atoms with van der Waals surface area (Å²) in [6.07, 6.45) is 3.41. The van der Waals surface area contributed by atoms with Gasteiger partial charge in [-0.25, -0.2) is 9.78 Å². The molecule has 1 aliphatic rings. The summed E-state index contributed by atoms with van der Waals surface area (Å²) in [6, 6.07) is 7.89. The molecule has 2 amide bonds. The molecule has 1 aliphatic heterocycles. The van der Waals surface area contributed by atoms with E-state index in [1.807, 2.05) is 43.0 Å². The summed E-state index contributed by atoms with van der Waals surface area (Å²) < 4.78 is 0. The zero-order valence-corrected chi connectivity index (χ0v) is 18.7. The van der Waals surface area contributed by atoms with Crippen LogP contribution in [-0.2, 0) is 0 Å². The Morgan fingerprint density at radius 2 is 1.63 bits per heavy atom. The van der Waals surface area contributed by atoms with Crippen LogP contribution in [0.5, 0.6) is 0 Å². The molecular weight excluding hydrogens is 372 g/mol. The number of hydrogen-bond acceptors (Lipinski definition) is 4. The van der Waals surface area contributed by atoms with Gasteiger partial charge in [0.05, 0.1) is 5.69 Å². The first-order chi connectivity index (χ1) is 14.4. The van der Waals surface area contributed by atoms with E-state index in [0.29, 0.717) is 6.54 Å². The molecule has 1 aromatic heterocycles. The van der Waals surface area contributed by atoms with Crippen molar-refractivity contribution in [2.24, 2.45) is 0 Å². The van der Waals surface area contributed by atoms with Crippen molar-refractivity contribution in [1.82, 2.24) is 14.9 Å². The zero-order chi connectivity index (χ0) is 22.5. The van der Waals surface area contributed by atoms with Crippen molar-refractivity contribution in [3.05, 3.63) is 47.9 Å². The molecule has 8 heteroatoms. The maximum atomic E-state index is 12.5. The van der Waals surface area contributed by atoms with Crippen molar-refractivity contribution < 1.29 is 4.79 Å². The average Bonchev–Trinajstić information content (AvgIpc) is 2.71. The first-order valence-electron chi connectivity index (χ1n) is 10.0. The van der Waals surface area contributed by atoms with E-state index in [-0.39, 0.29) is 12.1 Å².